The van der Waals surface area contributed by atoms with Crippen molar-refractivity contribution in [1.82, 2.24) is 20.4 Å². The third-order valence-corrected chi connectivity index (χ3v) is 14.0. The quantitative estimate of drug-likeness (QED) is 0.110. The number of halogens is 2. The van der Waals surface area contributed by atoms with Gasteiger partial charge in [-0.3, -0.25) is 4.98 Å². The van der Waals surface area contributed by atoms with E-state index in [1.54, 1.807) is 24.4 Å². The van der Waals surface area contributed by atoms with Crippen molar-refractivity contribution in [2.45, 2.75) is 0 Å². The van der Waals surface area contributed by atoms with Gasteiger partial charge in [0.1, 0.15) is 34.5 Å². The van der Waals surface area contributed by atoms with E-state index in [1.807, 2.05) is 0 Å². The molecule has 2 heterocycles. The first-order valence-electron chi connectivity index (χ1n) is 18.6. The van der Waals surface area contributed by atoms with E-state index in [-0.39, 0.29) is 17.1 Å². The first-order chi connectivity index (χ1) is 28.6. The molecular weight excluding hydrogens is 824 g/mol. The molecular formula is C49H36CuF2N4OP2+2. The molecule has 0 spiro atoms. The van der Waals surface area contributed by atoms with Gasteiger partial charge in [-0.2, -0.15) is 15.4 Å². The molecule has 0 atom stereocenters. The second-order valence-electron chi connectivity index (χ2n) is 12.9. The number of hydrogen-bond donors (Lipinski definition) is 1. The van der Waals surface area contributed by atoms with Crippen LogP contribution >= 0.6 is 15.8 Å². The molecule has 0 aliphatic heterocycles. The molecule has 1 radical (unpaired) electrons. The number of aromatic amines is 1. The van der Waals surface area contributed by atoms with Crippen molar-refractivity contribution >= 4 is 47.7 Å². The Morgan fingerprint density at radius 1 is 0.424 bits per heavy atom. The number of para-hydroxylation sites is 2. The summed E-state index contributed by atoms with van der Waals surface area (Å²) in [5.74, 6) is 0.481. The molecule has 0 saturated carbocycles. The second kappa shape index (κ2) is 20.0. The van der Waals surface area contributed by atoms with Gasteiger partial charge in [0, 0.05) is 28.4 Å². The summed E-state index contributed by atoms with van der Waals surface area (Å²) in [4.78, 5) is 4.14. The van der Waals surface area contributed by atoms with Crippen LogP contribution in [0.4, 0.5) is 8.78 Å². The summed E-state index contributed by atoms with van der Waals surface area (Å²) in [6.07, 6.45) is 1.61. The van der Waals surface area contributed by atoms with Gasteiger partial charge in [0.2, 0.25) is 0 Å². The topological polar surface area (TPSA) is 63.7 Å². The molecule has 0 amide bonds. The van der Waals surface area contributed by atoms with Crippen LogP contribution in [-0.4, -0.2) is 20.4 Å². The monoisotopic (exact) mass is 859 g/mol. The van der Waals surface area contributed by atoms with Crippen LogP contribution in [0.25, 0.3) is 22.6 Å². The molecule has 291 valence electrons. The Kier molecular flexibility index (Phi) is 13.9. The van der Waals surface area contributed by atoms with Crippen molar-refractivity contribution in [2.75, 3.05) is 0 Å². The molecule has 10 heteroatoms. The maximum atomic E-state index is 13.2. The first kappa shape index (κ1) is 41.0. The van der Waals surface area contributed by atoms with Crippen LogP contribution in [0.3, 0.4) is 0 Å². The van der Waals surface area contributed by atoms with Gasteiger partial charge in [0.05, 0.1) is 5.69 Å². The van der Waals surface area contributed by atoms with Crippen molar-refractivity contribution in [2.24, 2.45) is 0 Å². The molecule has 7 aromatic carbocycles. The second-order valence-corrected chi connectivity index (χ2v) is 17.3. The van der Waals surface area contributed by atoms with Gasteiger partial charge in [-0.05, 0) is 73.5 Å². The summed E-state index contributed by atoms with van der Waals surface area (Å²) in [5.41, 5.74) is 1.70. The van der Waals surface area contributed by atoms with E-state index in [9.17, 15) is 8.78 Å². The predicted octanol–water partition coefficient (Wildman–Crippen LogP) is 9.80. The number of benzene rings is 7. The molecule has 59 heavy (non-hydrogen) atoms. The average molecular weight is 860 g/mol. The van der Waals surface area contributed by atoms with Crippen molar-refractivity contribution in [3.63, 3.8) is 0 Å². The third kappa shape index (κ3) is 9.95. The predicted molar refractivity (Wildman–Crippen MR) is 235 cm³/mol. The van der Waals surface area contributed by atoms with Crippen LogP contribution in [0.2, 0.25) is 0 Å². The van der Waals surface area contributed by atoms with Crippen molar-refractivity contribution in [3.05, 3.63) is 224 Å². The molecule has 9 aromatic rings. The van der Waals surface area contributed by atoms with Crippen LogP contribution in [0.15, 0.2) is 212 Å². The van der Waals surface area contributed by atoms with E-state index < -0.39 is 27.5 Å². The summed E-state index contributed by atoms with van der Waals surface area (Å²) in [7, 11) is -1.59. The fraction of sp³-hybridized carbons (Fsp3) is 0. The molecule has 2 aromatic heterocycles. The zero-order chi connectivity index (χ0) is 39.5. The van der Waals surface area contributed by atoms with Gasteiger partial charge in [-0.25, -0.2) is 8.78 Å². The van der Waals surface area contributed by atoms with Crippen LogP contribution in [0, 0.1) is 11.6 Å². The molecule has 0 bridgehead atoms. The number of aromatic nitrogens is 4. The zero-order valence-electron chi connectivity index (χ0n) is 31.4. The number of H-pyrrole nitrogens is 1. The normalized spacial score (nSPS) is 10.7. The van der Waals surface area contributed by atoms with E-state index in [4.69, 9.17) is 4.74 Å². The van der Waals surface area contributed by atoms with Crippen LogP contribution in [-0.2, 0) is 17.1 Å². The largest absolute Gasteiger partial charge is 2.00 e. The van der Waals surface area contributed by atoms with E-state index in [0.717, 1.165) is 17.6 Å². The molecule has 0 aliphatic rings. The fourth-order valence-corrected chi connectivity index (χ4v) is 11.3. The first-order valence-corrected chi connectivity index (χ1v) is 21.3. The Labute approximate surface area is 355 Å². The maximum Gasteiger partial charge on any atom is 2.00 e. The molecule has 9 rings (SSSR count). The Balaban J connectivity index is 0.000000221. The van der Waals surface area contributed by atoms with Crippen molar-refractivity contribution < 1.29 is 30.6 Å². The minimum Gasteiger partial charge on any atom is -0.456 e. The summed E-state index contributed by atoms with van der Waals surface area (Å²) in [5, 5.41) is 18.0. The molecule has 5 nitrogen and oxygen atoms in total. The molecule has 0 aliphatic carbocycles. The molecule has 0 unspecified atom stereocenters. The van der Waals surface area contributed by atoms with Crippen LogP contribution in [0.5, 0.6) is 11.5 Å². The minimum absolute atomic E-state index is 0. The Hall–Kier alpha value is -6.13. The van der Waals surface area contributed by atoms with Gasteiger partial charge in [0.25, 0.3) is 0 Å². The summed E-state index contributed by atoms with van der Waals surface area (Å²) >= 11 is 0. The zero-order valence-corrected chi connectivity index (χ0v) is 34.1. The molecule has 1 N–H and O–H groups in total. The van der Waals surface area contributed by atoms with Crippen LogP contribution < -0.4 is 36.6 Å². The van der Waals surface area contributed by atoms with E-state index in [1.165, 1.54) is 44.0 Å². The van der Waals surface area contributed by atoms with E-state index in [0.29, 0.717) is 22.6 Å². The molecule has 0 saturated heterocycles. The number of nitrogens with one attached hydrogen (secondary N) is 1. The SMILES string of the molecule is Fc1cc(F)cc(-c2n[nH]nc2-c2ccccn2)c1.[Cu+2].c1ccc(P(c2ccccc2)c2ccccc2Oc2ccccc2P(c2ccccc2)c2ccccc2)cc1. The van der Waals surface area contributed by atoms with E-state index >= 15 is 0 Å². The van der Waals surface area contributed by atoms with Gasteiger partial charge < -0.3 is 4.74 Å². The summed E-state index contributed by atoms with van der Waals surface area (Å²) < 4.78 is 33.4. The third-order valence-electron chi connectivity index (χ3n) is 9.08. The summed E-state index contributed by atoms with van der Waals surface area (Å²) in [6, 6.07) is 68.7. The Morgan fingerprint density at radius 3 is 1.24 bits per heavy atom. The minimum atomic E-state index is -0.795. The number of hydrogen-bond acceptors (Lipinski definition) is 4. The fourth-order valence-electron chi connectivity index (χ4n) is 6.54. The number of nitrogens with zero attached hydrogens (tertiary/aromatic N) is 3. The Morgan fingerprint density at radius 2 is 0.814 bits per heavy atom. The standard InChI is InChI=1S/C36H28OP2.C13H8F2N4.Cu/c1-5-17-29(18-6-1)38(30-19-7-2-8-20-30)35-27-15-13-25-33(35)37-34-26-14-16-28-36(34)39(31-21-9-3-10-22-31)32-23-11-4-12-24-32;14-9-5-8(6-10(15)7-9)12-13(18-19-17-12)11-3-1-2-4-16-11;/h1-28H;1-7H,(H,17,18,19);/q;;+2. The van der Waals surface area contributed by atoms with Gasteiger partial charge in [-0.1, -0.05) is 164 Å². The molecule has 0 fully saturated rings. The van der Waals surface area contributed by atoms with Crippen LogP contribution in [0.1, 0.15) is 0 Å². The Bertz CT molecular complexity index is 2470. The average Bonchev–Trinajstić information content (AvgIpc) is 3.78. The number of ether oxygens (including phenoxy) is 1. The van der Waals surface area contributed by atoms with Gasteiger partial charge in [0.15, 0.2) is 0 Å². The number of rotatable bonds is 10. The van der Waals surface area contributed by atoms with Gasteiger partial charge in [-0.15, -0.1) is 0 Å². The van der Waals surface area contributed by atoms with E-state index in [2.05, 4.69) is 190 Å². The van der Waals surface area contributed by atoms with Gasteiger partial charge >= 0.3 is 17.1 Å². The maximum absolute atomic E-state index is 13.2. The van der Waals surface area contributed by atoms with Crippen molar-refractivity contribution in [3.8, 4) is 34.1 Å². The smallest absolute Gasteiger partial charge is 0.456 e. The summed E-state index contributed by atoms with van der Waals surface area (Å²) in [6.45, 7) is 0. The van der Waals surface area contributed by atoms with Crippen molar-refractivity contribution in [1.29, 1.82) is 0 Å². The number of pyridine rings is 1.